The molecule has 1 unspecified atom stereocenters. The van der Waals surface area contributed by atoms with E-state index in [0.29, 0.717) is 69.5 Å². The average Bonchev–Trinajstić information content (AvgIpc) is 2.92. The van der Waals surface area contributed by atoms with Crippen LogP contribution in [0.25, 0.3) is 4.85 Å². The van der Waals surface area contributed by atoms with Crippen molar-refractivity contribution in [2.24, 2.45) is 0 Å². The Labute approximate surface area is 214 Å². The maximum absolute atomic E-state index is 13.8. The van der Waals surface area contributed by atoms with Gasteiger partial charge in [0.25, 0.3) is 5.54 Å². The molecule has 4 rings (SSSR count). The Hall–Kier alpha value is -4.02. The van der Waals surface area contributed by atoms with Gasteiger partial charge in [0, 0.05) is 39.0 Å². The number of carbonyl (C=O) groups excluding carboxylic acids is 2. The zero-order valence-electron chi connectivity index (χ0n) is 20.3. The molecule has 0 aliphatic carbocycles. The lowest BCUT2D eigenvalue weighted by molar-refractivity contribution is 0.153. The van der Waals surface area contributed by atoms with Crippen molar-refractivity contribution < 1.29 is 18.4 Å². The van der Waals surface area contributed by atoms with Gasteiger partial charge < -0.3 is 20.4 Å². The van der Waals surface area contributed by atoms with Crippen molar-refractivity contribution in [3.8, 4) is 6.07 Å². The Morgan fingerprint density at radius 3 is 2.68 bits per heavy atom. The molecular weight excluding hydrogens is 478 g/mol. The summed E-state index contributed by atoms with van der Waals surface area (Å²) in [6, 6.07) is 11.0. The maximum Gasteiger partial charge on any atom is 0.326 e. The lowest BCUT2D eigenvalue weighted by Crippen LogP contribution is -2.54. The summed E-state index contributed by atoms with van der Waals surface area (Å²) in [6.45, 7) is 10.6. The molecule has 2 N–H and O–H groups in total. The zero-order valence-corrected chi connectivity index (χ0v) is 20.3. The molecular formula is C27H28F2N6O2. The molecule has 2 aliphatic rings. The highest BCUT2D eigenvalue weighted by atomic mass is 19.2. The monoisotopic (exact) mass is 506 g/mol. The maximum atomic E-state index is 13.8. The van der Waals surface area contributed by atoms with E-state index >= 15 is 0 Å². The molecule has 2 saturated heterocycles. The molecule has 2 heterocycles. The van der Waals surface area contributed by atoms with E-state index in [-0.39, 0.29) is 0 Å². The Bertz CT molecular complexity index is 1250. The summed E-state index contributed by atoms with van der Waals surface area (Å²) in [5, 5.41) is 14.8. The molecule has 0 spiro atoms. The van der Waals surface area contributed by atoms with E-state index in [9.17, 15) is 23.6 Å². The zero-order chi connectivity index (χ0) is 26.4. The second-order valence-corrected chi connectivity index (χ2v) is 9.31. The van der Waals surface area contributed by atoms with Gasteiger partial charge in [0.1, 0.15) is 0 Å². The fraction of sp³-hybridized carbons (Fsp3) is 0.407. The quantitative estimate of drug-likeness (QED) is 0.451. The second-order valence-electron chi connectivity index (χ2n) is 9.31. The van der Waals surface area contributed by atoms with Crippen molar-refractivity contribution in [1.82, 2.24) is 20.4 Å². The third-order valence-corrected chi connectivity index (χ3v) is 7.15. The molecule has 4 amide bonds. The first-order chi connectivity index (χ1) is 17.9. The highest BCUT2D eigenvalue weighted by molar-refractivity contribution is 5.94. The number of hydrogen-bond donors (Lipinski definition) is 2. The van der Waals surface area contributed by atoms with Gasteiger partial charge in [0.2, 0.25) is 0 Å². The molecule has 0 saturated carbocycles. The minimum Gasteiger partial charge on any atom is -0.338 e. The Morgan fingerprint density at radius 2 is 1.97 bits per heavy atom. The van der Waals surface area contributed by atoms with Crippen LogP contribution >= 0.6 is 0 Å². The number of halogens is 2. The predicted molar refractivity (Wildman–Crippen MR) is 132 cm³/mol. The lowest BCUT2D eigenvalue weighted by Gasteiger charge is -2.35. The van der Waals surface area contributed by atoms with E-state index in [1.807, 2.05) is 12.1 Å². The average molecular weight is 507 g/mol. The highest BCUT2D eigenvalue weighted by Crippen LogP contribution is 2.38. The number of carbonyl (C=O) groups is 2. The fourth-order valence-corrected chi connectivity index (χ4v) is 5.10. The molecule has 2 aromatic rings. The molecule has 0 bridgehead atoms. The number of nitrogens with zero attached hydrogens (tertiary/aromatic N) is 4. The first-order valence-corrected chi connectivity index (χ1v) is 12.3. The van der Waals surface area contributed by atoms with Crippen molar-refractivity contribution in [2.75, 3.05) is 32.7 Å². The molecule has 8 nitrogen and oxygen atoms in total. The lowest BCUT2D eigenvalue weighted by atomic mass is 9.79. The number of benzene rings is 2. The van der Waals surface area contributed by atoms with E-state index < -0.39 is 35.3 Å². The van der Waals surface area contributed by atoms with Gasteiger partial charge in [-0.15, -0.1) is 0 Å². The van der Waals surface area contributed by atoms with Crippen molar-refractivity contribution in [1.29, 1.82) is 5.26 Å². The number of rotatable bonds is 6. The van der Waals surface area contributed by atoms with Crippen molar-refractivity contribution in [2.45, 2.75) is 37.3 Å². The minimum absolute atomic E-state index is 0.326. The SMILES string of the molecule is [C-]#[N+]C1(c2ccccc2C#N)CCN(CCCNC(=O)N2C(=O)NCCC2c2ccc(F)c(F)c2)CC1. The van der Waals surface area contributed by atoms with Gasteiger partial charge in [-0.2, -0.15) is 5.26 Å². The normalized spacial score (nSPS) is 19.4. The Morgan fingerprint density at radius 1 is 1.22 bits per heavy atom. The van der Waals surface area contributed by atoms with Crippen LogP contribution in [-0.4, -0.2) is 54.6 Å². The van der Waals surface area contributed by atoms with Crippen molar-refractivity contribution >= 4 is 12.1 Å². The number of nitrogens with one attached hydrogen (secondary N) is 2. The van der Waals surface area contributed by atoms with Gasteiger partial charge in [-0.05, 0) is 49.2 Å². The molecule has 2 fully saturated rings. The molecule has 0 radical (unpaired) electrons. The van der Waals surface area contributed by atoms with Gasteiger partial charge in [0.15, 0.2) is 11.6 Å². The van der Waals surface area contributed by atoms with Crippen LogP contribution in [-0.2, 0) is 5.54 Å². The highest BCUT2D eigenvalue weighted by Gasteiger charge is 2.43. The predicted octanol–water partition coefficient (Wildman–Crippen LogP) is 4.30. The van der Waals surface area contributed by atoms with Crippen LogP contribution in [0, 0.1) is 29.5 Å². The molecule has 2 aliphatic heterocycles. The summed E-state index contributed by atoms with van der Waals surface area (Å²) in [6.07, 6.45) is 2.25. The van der Waals surface area contributed by atoms with Gasteiger partial charge in [-0.1, -0.05) is 18.2 Å². The summed E-state index contributed by atoms with van der Waals surface area (Å²) >= 11 is 0. The summed E-state index contributed by atoms with van der Waals surface area (Å²) < 4.78 is 27.1. The van der Waals surface area contributed by atoms with Crippen molar-refractivity contribution in [3.63, 3.8) is 0 Å². The number of urea groups is 2. The van der Waals surface area contributed by atoms with Gasteiger partial charge >= 0.3 is 12.1 Å². The first-order valence-electron chi connectivity index (χ1n) is 12.3. The number of amides is 4. The van der Waals surface area contributed by atoms with Crippen LogP contribution in [0.2, 0.25) is 0 Å². The molecule has 10 heteroatoms. The van der Waals surface area contributed by atoms with Crippen LogP contribution in [0.1, 0.15) is 48.4 Å². The Kier molecular flexibility index (Phi) is 8.00. The summed E-state index contributed by atoms with van der Waals surface area (Å²) in [5.41, 5.74) is 0.986. The largest absolute Gasteiger partial charge is 0.338 e. The van der Waals surface area contributed by atoms with Crippen LogP contribution in [0.15, 0.2) is 42.5 Å². The van der Waals surface area contributed by atoms with E-state index in [2.05, 4.69) is 26.4 Å². The van der Waals surface area contributed by atoms with Crippen LogP contribution in [0.5, 0.6) is 0 Å². The molecule has 0 aromatic heterocycles. The van der Waals surface area contributed by atoms with Crippen LogP contribution < -0.4 is 10.6 Å². The van der Waals surface area contributed by atoms with Gasteiger partial charge in [-0.3, -0.25) is 0 Å². The van der Waals surface area contributed by atoms with E-state index in [4.69, 9.17) is 6.57 Å². The number of nitriles is 1. The van der Waals surface area contributed by atoms with Gasteiger partial charge in [-0.25, -0.2) is 29.8 Å². The summed E-state index contributed by atoms with van der Waals surface area (Å²) in [4.78, 5) is 32.5. The second kappa shape index (κ2) is 11.4. The number of likely N-dealkylation sites (tertiary alicyclic amines) is 1. The number of hydrogen-bond acceptors (Lipinski definition) is 4. The van der Waals surface area contributed by atoms with E-state index in [1.54, 1.807) is 12.1 Å². The molecule has 1 atom stereocenters. The van der Waals surface area contributed by atoms with Gasteiger partial charge in [0.05, 0.1) is 23.2 Å². The van der Waals surface area contributed by atoms with Crippen molar-refractivity contribution in [3.05, 3.63) is 82.2 Å². The van der Waals surface area contributed by atoms with Crippen LogP contribution in [0.3, 0.4) is 0 Å². The third kappa shape index (κ3) is 5.55. The smallest absolute Gasteiger partial charge is 0.326 e. The minimum atomic E-state index is -1.02. The molecule has 2 aromatic carbocycles. The standard InChI is InChI=1S/C27H28F2N6O2/c1-31-27(21-6-3-2-5-20(21)18-30)10-15-34(16-11-27)14-4-12-32-25(36)35-24(9-13-33-26(35)37)19-7-8-22(28)23(29)17-19/h2-3,5-8,17,24H,4,9-16H2,(H,32,36)(H,33,37). The number of imide groups is 1. The van der Waals surface area contributed by atoms with Crippen LogP contribution in [0.4, 0.5) is 18.4 Å². The summed E-state index contributed by atoms with van der Waals surface area (Å²) in [5.74, 6) is -2.01. The fourth-order valence-electron chi connectivity index (χ4n) is 5.10. The molecule has 37 heavy (non-hydrogen) atoms. The summed E-state index contributed by atoms with van der Waals surface area (Å²) in [7, 11) is 0. The first kappa shape index (κ1) is 26.1. The van der Waals surface area contributed by atoms with E-state index in [0.717, 1.165) is 22.6 Å². The Balaban J connectivity index is 1.29. The topological polar surface area (TPSA) is 92.8 Å². The number of piperidine rings is 1. The third-order valence-electron chi connectivity index (χ3n) is 7.15. The van der Waals surface area contributed by atoms with E-state index in [1.165, 1.54) is 6.07 Å². The molecule has 192 valence electrons.